The van der Waals surface area contributed by atoms with Gasteiger partial charge in [0.15, 0.2) is 23.2 Å². The lowest BCUT2D eigenvalue weighted by Gasteiger charge is -2.16. The van der Waals surface area contributed by atoms with Crippen molar-refractivity contribution in [2.45, 2.75) is 32.7 Å². The topological polar surface area (TPSA) is 115 Å². The van der Waals surface area contributed by atoms with Crippen molar-refractivity contribution in [1.29, 1.82) is 0 Å². The second kappa shape index (κ2) is 11.4. The zero-order chi connectivity index (χ0) is 26.5. The standard InChI is InChI=1S/C27H33N9O2/c1-4-23(37)20-17-28-25(31-24-10-13-36(32-24)15-14-35-11-5-6-12-35)16-22(20)30-21-9-7-8-19(26(21)38-3)27-29-18-34(2)33-27/h7-10,13,16-18H,4-6,11-12,14-15H2,1-3H3,(H2,28,30,31,32). The number of hydrogen-bond donors (Lipinski definition) is 2. The number of aryl methyl sites for hydroxylation is 1. The summed E-state index contributed by atoms with van der Waals surface area (Å²) in [6, 6.07) is 9.43. The zero-order valence-corrected chi connectivity index (χ0v) is 22.0. The molecule has 4 heterocycles. The van der Waals surface area contributed by atoms with Gasteiger partial charge in [0.1, 0.15) is 12.1 Å². The highest BCUT2D eigenvalue weighted by Crippen LogP contribution is 2.37. The largest absolute Gasteiger partial charge is 0.494 e. The molecule has 11 heteroatoms. The van der Waals surface area contributed by atoms with E-state index < -0.39 is 0 Å². The van der Waals surface area contributed by atoms with Crippen LogP contribution in [0, 0.1) is 0 Å². The molecule has 1 aliphatic heterocycles. The molecule has 0 bridgehead atoms. The summed E-state index contributed by atoms with van der Waals surface area (Å²) >= 11 is 0. The van der Waals surface area contributed by atoms with E-state index >= 15 is 0 Å². The van der Waals surface area contributed by atoms with Gasteiger partial charge in [-0.25, -0.2) is 9.97 Å². The Hall–Kier alpha value is -4.25. The first-order valence-electron chi connectivity index (χ1n) is 12.9. The number of anilines is 4. The normalized spacial score (nSPS) is 13.6. The molecule has 1 fully saturated rings. The maximum atomic E-state index is 12.7. The smallest absolute Gasteiger partial charge is 0.184 e. The number of hydrogen-bond acceptors (Lipinski definition) is 9. The minimum atomic E-state index is -0.0146. The van der Waals surface area contributed by atoms with Gasteiger partial charge in [0.2, 0.25) is 0 Å². The van der Waals surface area contributed by atoms with Gasteiger partial charge >= 0.3 is 0 Å². The molecule has 5 rings (SSSR count). The van der Waals surface area contributed by atoms with Crippen molar-refractivity contribution in [3.63, 3.8) is 0 Å². The Morgan fingerprint density at radius 3 is 2.61 bits per heavy atom. The number of aromatic nitrogens is 6. The number of ketones is 1. The summed E-state index contributed by atoms with van der Waals surface area (Å²) in [6.45, 7) is 6.01. The third-order valence-electron chi connectivity index (χ3n) is 6.60. The van der Waals surface area contributed by atoms with E-state index in [-0.39, 0.29) is 5.78 Å². The van der Waals surface area contributed by atoms with E-state index in [0.29, 0.717) is 46.6 Å². The van der Waals surface area contributed by atoms with Crippen molar-refractivity contribution in [1.82, 2.24) is 34.4 Å². The van der Waals surface area contributed by atoms with Crippen LogP contribution in [0.5, 0.6) is 5.75 Å². The molecule has 0 atom stereocenters. The summed E-state index contributed by atoms with van der Waals surface area (Å²) in [5, 5.41) is 15.7. The maximum Gasteiger partial charge on any atom is 0.184 e. The average molecular weight is 516 g/mol. The average Bonchev–Trinajstić information content (AvgIpc) is 3.70. The third-order valence-corrected chi connectivity index (χ3v) is 6.60. The molecule has 0 radical (unpaired) electrons. The van der Waals surface area contributed by atoms with Crippen molar-refractivity contribution in [3.05, 3.63) is 54.6 Å². The Morgan fingerprint density at radius 1 is 1.03 bits per heavy atom. The van der Waals surface area contributed by atoms with E-state index in [9.17, 15) is 4.79 Å². The summed E-state index contributed by atoms with van der Waals surface area (Å²) in [5.41, 5.74) is 2.55. The minimum absolute atomic E-state index is 0.0146. The molecule has 1 saturated heterocycles. The lowest BCUT2D eigenvalue weighted by Crippen LogP contribution is -2.24. The number of carbonyl (C=O) groups excluding carboxylic acids is 1. The molecule has 2 N–H and O–H groups in total. The van der Waals surface area contributed by atoms with Gasteiger partial charge in [-0.15, -0.1) is 0 Å². The Labute approximate surface area is 221 Å². The minimum Gasteiger partial charge on any atom is -0.494 e. The number of nitrogens with zero attached hydrogens (tertiary/aromatic N) is 7. The number of pyridine rings is 1. The first-order valence-corrected chi connectivity index (χ1v) is 12.9. The van der Waals surface area contributed by atoms with Crippen molar-refractivity contribution >= 4 is 28.8 Å². The van der Waals surface area contributed by atoms with Gasteiger partial charge in [-0.1, -0.05) is 13.0 Å². The molecule has 0 spiro atoms. The van der Waals surface area contributed by atoms with Gasteiger partial charge in [0.05, 0.1) is 36.2 Å². The number of benzene rings is 1. The number of carbonyl (C=O) groups is 1. The highest BCUT2D eigenvalue weighted by Gasteiger charge is 2.18. The van der Waals surface area contributed by atoms with E-state index in [1.807, 2.05) is 55.2 Å². The molecule has 0 saturated carbocycles. The molecule has 0 amide bonds. The third kappa shape index (κ3) is 5.67. The summed E-state index contributed by atoms with van der Waals surface area (Å²) in [5.74, 6) is 2.39. The molecule has 3 aromatic heterocycles. The fourth-order valence-corrected chi connectivity index (χ4v) is 4.61. The van der Waals surface area contributed by atoms with Crippen LogP contribution in [0.3, 0.4) is 0 Å². The quantitative estimate of drug-likeness (QED) is 0.283. The number of likely N-dealkylation sites (tertiary alicyclic amines) is 1. The van der Waals surface area contributed by atoms with E-state index in [2.05, 4.69) is 35.7 Å². The Bertz CT molecular complexity index is 1410. The van der Waals surface area contributed by atoms with Crippen LogP contribution in [-0.4, -0.2) is 67.0 Å². The molecule has 0 unspecified atom stereocenters. The van der Waals surface area contributed by atoms with Gasteiger partial charge in [0, 0.05) is 44.5 Å². The zero-order valence-electron chi connectivity index (χ0n) is 22.0. The summed E-state index contributed by atoms with van der Waals surface area (Å²) in [6.07, 6.45) is 8.12. The Kier molecular flexibility index (Phi) is 7.64. The highest BCUT2D eigenvalue weighted by atomic mass is 16.5. The highest BCUT2D eigenvalue weighted by molar-refractivity contribution is 6.02. The molecule has 4 aromatic rings. The number of Topliss-reactive ketones (excluding diaryl/α,β-unsaturated/α-hetero) is 1. The molecule has 38 heavy (non-hydrogen) atoms. The monoisotopic (exact) mass is 515 g/mol. The number of nitrogens with one attached hydrogen (secondary N) is 2. The number of rotatable bonds is 11. The fraction of sp³-hybridized carbons (Fsp3) is 0.370. The van der Waals surface area contributed by atoms with Crippen LogP contribution >= 0.6 is 0 Å². The van der Waals surface area contributed by atoms with Gasteiger partial charge in [0.25, 0.3) is 0 Å². The Balaban J connectivity index is 1.39. The molecular formula is C27H33N9O2. The van der Waals surface area contributed by atoms with Crippen LogP contribution in [0.25, 0.3) is 11.4 Å². The van der Waals surface area contributed by atoms with Gasteiger partial charge in [-0.2, -0.15) is 10.2 Å². The summed E-state index contributed by atoms with van der Waals surface area (Å²) in [4.78, 5) is 24.1. The lowest BCUT2D eigenvalue weighted by molar-refractivity contribution is 0.0988. The lowest BCUT2D eigenvalue weighted by atomic mass is 10.1. The number of para-hydroxylation sites is 1. The second-order valence-electron chi connectivity index (χ2n) is 9.28. The van der Waals surface area contributed by atoms with Crippen molar-refractivity contribution in [2.24, 2.45) is 7.05 Å². The predicted molar refractivity (Wildman–Crippen MR) is 146 cm³/mol. The molecule has 198 valence electrons. The predicted octanol–water partition coefficient (Wildman–Crippen LogP) is 4.26. The fourth-order valence-electron chi connectivity index (χ4n) is 4.61. The van der Waals surface area contributed by atoms with Crippen LogP contribution in [0.1, 0.15) is 36.5 Å². The van der Waals surface area contributed by atoms with Crippen molar-refractivity contribution in [2.75, 3.05) is 37.4 Å². The summed E-state index contributed by atoms with van der Waals surface area (Å²) < 4.78 is 9.32. The van der Waals surface area contributed by atoms with Crippen molar-refractivity contribution < 1.29 is 9.53 Å². The van der Waals surface area contributed by atoms with Gasteiger partial charge < -0.3 is 20.3 Å². The SMILES string of the molecule is CCC(=O)c1cnc(Nc2ccn(CCN3CCCC3)n2)cc1Nc1cccc(-c2ncn(C)n2)c1OC. The van der Waals surface area contributed by atoms with Crippen LogP contribution < -0.4 is 15.4 Å². The Morgan fingerprint density at radius 2 is 1.87 bits per heavy atom. The van der Waals surface area contributed by atoms with Crippen LogP contribution in [0.2, 0.25) is 0 Å². The molecule has 1 aliphatic rings. The number of methoxy groups -OCH3 is 1. The van der Waals surface area contributed by atoms with Crippen LogP contribution in [0.15, 0.2) is 49.1 Å². The molecule has 11 nitrogen and oxygen atoms in total. The summed E-state index contributed by atoms with van der Waals surface area (Å²) in [7, 11) is 3.42. The first kappa shape index (κ1) is 25.4. The van der Waals surface area contributed by atoms with Crippen LogP contribution in [-0.2, 0) is 13.6 Å². The molecule has 0 aliphatic carbocycles. The van der Waals surface area contributed by atoms with E-state index in [1.54, 1.807) is 24.3 Å². The molecule has 1 aromatic carbocycles. The van der Waals surface area contributed by atoms with Gasteiger partial charge in [-0.3, -0.25) is 14.2 Å². The van der Waals surface area contributed by atoms with E-state index in [1.165, 1.54) is 25.9 Å². The first-order chi connectivity index (χ1) is 18.5. The van der Waals surface area contributed by atoms with Crippen LogP contribution in [0.4, 0.5) is 23.0 Å². The second-order valence-corrected chi connectivity index (χ2v) is 9.28. The van der Waals surface area contributed by atoms with Gasteiger partial charge in [-0.05, 0) is 38.1 Å². The number of ether oxygens (including phenoxy) is 1. The maximum absolute atomic E-state index is 12.7. The van der Waals surface area contributed by atoms with E-state index in [0.717, 1.165) is 18.7 Å². The van der Waals surface area contributed by atoms with Crippen molar-refractivity contribution in [3.8, 4) is 17.1 Å². The molecular weight excluding hydrogens is 482 g/mol. The van der Waals surface area contributed by atoms with E-state index in [4.69, 9.17) is 4.74 Å².